The molecule has 2 aliphatic rings. The number of benzene rings is 1. The number of piperidine rings is 1. The zero-order valence-electron chi connectivity index (χ0n) is 12.6. The summed E-state index contributed by atoms with van der Waals surface area (Å²) in [7, 11) is 0. The highest BCUT2D eigenvalue weighted by Crippen LogP contribution is 2.27. The number of aryl methyl sites for hydroxylation is 1. The number of aromatic hydroxyl groups is 1. The fourth-order valence-corrected chi connectivity index (χ4v) is 3.59. The summed E-state index contributed by atoms with van der Waals surface area (Å²) in [6.07, 6.45) is 4.77. The van der Waals surface area contributed by atoms with Crippen LogP contribution in [0.5, 0.6) is 5.75 Å². The van der Waals surface area contributed by atoms with E-state index in [-0.39, 0.29) is 11.7 Å². The van der Waals surface area contributed by atoms with E-state index in [1.165, 1.54) is 12.8 Å². The van der Waals surface area contributed by atoms with Gasteiger partial charge in [-0.25, -0.2) is 0 Å². The molecule has 0 aromatic heterocycles. The lowest BCUT2D eigenvalue weighted by molar-refractivity contribution is 0.0674. The zero-order valence-corrected chi connectivity index (χ0v) is 12.6. The molecule has 4 heteroatoms. The van der Waals surface area contributed by atoms with Crippen molar-refractivity contribution in [3.05, 3.63) is 29.3 Å². The van der Waals surface area contributed by atoms with Gasteiger partial charge in [0.05, 0.1) is 0 Å². The number of likely N-dealkylation sites (tertiary alicyclic amines) is 1. The number of rotatable bonds is 2. The third-order valence-electron chi connectivity index (χ3n) is 4.94. The van der Waals surface area contributed by atoms with Gasteiger partial charge in [-0.05, 0) is 68.8 Å². The van der Waals surface area contributed by atoms with Crippen LogP contribution in [0.1, 0.15) is 41.6 Å². The molecule has 0 spiro atoms. The van der Waals surface area contributed by atoms with E-state index >= 15 is 0 Å². The van der Waals surface area contributed by atoms with Gasteiger partial charge in [0.1, 0.15) is 5.75 Å². The van der Waals surface area contributed by atoms with Crippen LogP contribution < -0.4 is 5.32 Å². The van der Waals surface area contributed by atoms with Gasteiger partial charge in [0.25, 0.3) is 5.91 Å². The van der Waals surface area contributed by atoms with Crippen molar-refractivity contribution in [1.82, 2.24) is 10.2 Å². The maximum atomic E-state index is 12.5. The molecule has 2 saturated heterocycles. The van der Waals surface area contributed by atoms with E-state index in [4.69, 9.17) is 0 Å². The predicted molar refractivity (Wildman–Crippen MR) is 82.5 cm³/mol. The van der Waals surface area contributed by atoms with Crippen LogP contribution in [0.3, 0.4) is 0 Å². The maximum absolute atomic E-state index is 12.5. The van der Waals surface area contributed by atoms with Crippen molar-refractivity contribution in [3.63, 3.8) is 0 Å². The summed E-state index contributed by atoms with van der Waals surface area (Å²) in [5.41, 5.74) is 1.44. The molecular formula is C17H24N2O2. The molecule has 0 bridgehead atoms. The van der Waals surface area contributed by atoms with Crippen LogP contribution in [0, 0.1) is 12.8 Å². The molecule has 2 heterocycles. The Bertz CT molecular complexity index is 516. The summed E-state index contributed by atoms with van der Waals surface area (Å²) < 4.78 is 0. The van der Waals surface area contributed by atoms with E-state index in [1.807, 2.05) is 11.8 Å². The molecule has 114 valence electrons. The van der Waals surface area contributed by atoms with Gasteiger partial charge in [0.15, 0.2) is 0 Å². The Kier molecular flexibility index (Phi) is 4.15. The van der Waals surface area contributed by atoms with Gasteiger partial charge in [-0.1, -0.05) is 0 Å². The Morgan fingerprint density at radius 3 is 2.67 bits per heavy atom. The Morgan fingerprint density at radius 2 is 2.05 bits per heavy atom. The molecule has 0 radical (unpaired) electrons. The zero-order chi connectivity index (χ0) is 14.8. The standard InChI is InChI=1S/C17H24N2O2/c1-12-11-14(4-5-16(12)20)17(21)19-9-6-13(7-10-19)15-3-2-8-18-15/h4-5,11,13,15,18,20H,2-3,6-10H2,1H3. The second-order valence-electron chi connectivity index (χ2n) is 6.33. The first-order valence-corrected chi connectivity index (χ1v) is 7.97. The Morgan fingerprint density at radius 1 is 1.29 bits per heavy atom. The fourth-order valence-electron chi connectivity index (χ4n) is 3.59. The Hall–Kier alpha value is -1.55. The van der Waals surface area contributed by atoms with Crippen molar-refractivity contribution < 1.29 is 9.90 Å². The third kappa shape index (κ3) is 3.05. The fraction of sp³-hybridized carbons (Fsp3) is 0.588. The first-order valence-electron chi connectivity index (χ1n) is 7.97. The van der Waals surface area contributed by atoms with Gasteiger partial charge in [-0.3, -0.25) is 4.79 Å². The summed E-state index contributed by atoms with van der Waals surface area (Å²) >= 11 is 0. The van der Waals surface area contributed by atoms with Crippen LogP contribution in [0.15, 0.2) is 18.2 Å². The molecule has 2 N–H and O–H groups in total. The van der Waals surface area contributed by atoms with Gasteiger partial charge in [-0.2, -0.15) is 0 Å². The van der Waals surface area contributed by atoms with Crippen molar-refractivity contribution in [2.75, 3.05) is 19.6 Å². The topological polar surface area (TPSA) is 52.6 Å². The number of nitrogens with one attached hydrogen (secondary N) is 1. The summed E-state index contributed by atoms with van der Waals surface area (Å²) in [4.78, 5) is 14.5. The van der Waals surface area contributed by atoms with Gasteiger partial charge >= 0.3 is 0 Å². The summed E-state index contributed by atoms with van der Waals surface area (Å²) in [6.45, 7) is 4.67. The molecule has 1 amide bonds. The number of hydrogen-bond donors (Lipinski definition) is 2. The van der Waals surface area contributed by atoms with E-state index in [9.17, 15) is 9.90 Å². The average molecular weight is 288 g/mol. The third-order valence-corrected chi connectivity index (χ3v) is 4.94. The van der Waals surface area contributed by atoms with Crippen molar-refractivity contribution in [1.29, 1.82) is 0 Å². The molecule has 4 nitrogen and oxygen atoms in total. The van der Waals surface area contributed by atoms with E-state index in [0.717, 1.165) is 44.0 Å². The van der Waals surface area contributed by atoms with Crippen LogP contribution in [-0.2, 0) is 0 Å². The molecule has 3 rings (SSSR count). The largest absolute Gasteiger partial charge is 0.508 e. The van der Waals surface area contributed by atoms with Crippen molar-refractivity contribution in [3.8, 4) is 5.75 Å². The summed E-state index contributed by atoms with van der Waals surface area (Å²) in [5, 5.41) is 13.1. The number of phenols is 1. The van der Waals surface area contributed by atoms with Crippen LogP contribution in [-0.4, -0.2) is 41.6 Å². The minimum atomic E-state index is 0.0935. The quantitative estimate of drug-likeness (QED) is 0.878. The number of nitrogens with zero attached hydrogens (tertiary/aromatic N) is 1. The average Bonchev–Trinajstić information content (AvgIpc) is 3.04. The lowest BCUT2D eigenvalue weighted by Gasteiger charge is -2.35. The monoisotopic (exact) mass is 288 g/mol. The van der Waals surface area contributed by atoms with Gasteiger partial charge in [0.2, 0.25) is 0 Å². The van der Waals surface area contributed by atoms with Crippen LogP contribution in [0.2, 0.25) is 0 Å². The van der Waals surface area contributed by atoms with Gasteiger partial charge in [0, 0.05) is 24.7 Å². The summed E-state index contributed by atoms with van der Waals surface area (Å²) in [6, 6.07) is 5.77. The number of hydrogen-bond acceptors (Lipinski definition) is 3. The minimum Gasteiger partial charge on any atom is -0.508 e. The van der Waals surface area contributed by atoms with E-state index in [2.05, 4.69) is 5.32 Å². The molecule has 1 atom stereocenters. The molecule has 2 fully saturated rings. The number of amides is 1. The number of carbonyl (C=O) groups is 1. The van der Waals surface area contributed by atoms with Crippen LogP contribution in [0.25, 0.3) is 0 Å². The van der Waals surface area contributed by atoms with Crippen molar-refractivity contribution in [2.45, 2.75) is 38.6 Å². The van der Waals surface area contributed by atoms with E-state index in [1.54, 1.807) is 18.2 Å². The van der Waals surface area contributed by atoms with Crippen LogP contribution in [0.4, 0.5) is 0 Å². The highest BCUT2D eigenvalue weighted by molar-refractivity contribution is 5.94. The molecule has 0 saturated carbocycles. The molecule has 1 aromatic rings. The lowest BCUT2D eigenvalue weighted by Crippen LogP contribution is -2.43. The smallest absolute Gasteiger partial charge is 0.253 e. The molecular weight excluding hydrogens is 264 g/mol. The Labute approximate surface area is 126 Å². The first-order chi connectivity index (χ1) is 10.1. The maximum Gasteiger partial charge on any atom is 0.253 e. The SMILES string of the molecule is Cc1cc(C(=O)N2CCC(C3CCCN3)CC2)ccc1O. The van der Waals surface area contributed by atoms with Gasteiger partial charge < -0.3 is 15.3 Å². The number of carbonyl (C=O) groups excluding carboxylic acids is 1. The first kappa shape index (κ1) is 14.4. The number of phenolic OH excluding ortho intramolecular Hbond substituents is 1. The molecule has 1 aromatic carbocycles. The molecule has 2 aliphatic heterocycles. The van der Waals surface area contributed by atoms with Gasteiger partial charge in [-0.15, -0.1) is 0 Å². The molecule has 0 aliphatic carbocycles. The Balaban J connectivity index is 1.60. The van der Waals surface area contributed by atoms with Crippen molar-refractivity contribution in [2.24, 2.45) is 5.92 Å². The normalized spacial score (nSPS) is 23.5. The van der Waals surface area contributed by atoms with E-state index < -0.39 is 0 Å². The van der Waals surface area contributed by atoms with E-state index in [0.29, 0.717) is 11.6 Å². The minimum absolute atomic E-state index is 0.0935. The second kappa shape index (κ2) is 6.06. The molecule has 21 heavy (non-hydrogen) atoms. The molecule has 1 unspecified atom stereocenters. The highest BCUT2D eigenvalue weighted by Gasteiger charge is 2.30. The predicted octanol–water partition coefficient (Wildman–Crippen LogP) is 2.30. The second-order valence-corrected chi connectivity index (χ2v) is 6.33. The van der Waals surface area contributed by atoms with Crippen LogP contribution >= 0.6 is 0 Å². The van der Waals surface area contributed by atoms with Crippen molar-refractivity contribution >= 4 is 5.91 Å². The lowest BCUT2D eigenvalue weighted by atomic mass is 9.88. The summed E-state index contributed by atoms with van der Waals surface area (Å²) in [5.74, 6) is 1.06. The highest BCUT2D eigenvalue weighted by atomic mass is 16.3.